The van der Waals surface area contributed by atoms with Gasteiger partial charge in [-0.3, -0.25) is 48.5 Å². The van der Waals surface area contributed by atoms with Crippen LogP contribution in [0.25, 0.3) is 0 Å². The number of primary amides is 1. The molecule has 1 aromatic carbocycles. The summed E-state index contributed by atoms with van der Waals surface area (Å²) in [6.45, 7) is 7.83. The van der Waals surface area contributed by atoms with Crippen LogP contribution in [-0.4, -0.2) is 214 Å². The van der Waals surface area contributed by atoms with Gasteiger partial charge in [0.2, 0.25) is 47.3 Å². The molecule has 0 aromatic heterocycles. The summed E-state index contributed by atoms with van der Waals surface area (Å²) in [6.07, 6.45) is -8.60. The van der Waals surface area contributed by atoms with Crippen LogP contribution in [0.15, 0.2) is 24.3 Å². The van der Waals surface area contributed by atoms with Crippen LogP contribution in [0.1, 0.15) is 136 Å². The number of phenols is 1. The van der Waals surface area contributed by atoms with E-state index in [4.69, 9.17) is 21.4 Å². The number of carboxylic acids is 1. The SMILES string of the molecule is CC(=O)O.CC[C@H](C)C[C@H](C)CCCCCCCCC(=O)N[C@H]1C[C@@H](O)[C@@H](NCCN)NC(=O)[C@@H]2[C@@H](O)CCN2C(=O)[C@H]([C@H](O)CC(N)=O)NC(=O)[C@H]([C@H](O)[C@@H](O)c2ccc(O)cc2)NC(=O)[C@@H]2C[C@@H](O)CN2C(=O)[C@H]([C@@H](C)O)NC1=O. The molecule has 4 rings (SSSR count). The molecule has 28 heteroatoms. The molecule has 3 fully saturated rings. The molecule has 19 N–H and O–H groups in total. The molecule has 0 aliphatic carbocycles. The summed E-state index contributed by atoms with van der Waals surface area (Å²) >= 11 is 0. The third-order valence-electron chi connectivity index (χ3n) is 14.8. The molecule has 3 aliphatic rings. The van der Waals surface area contributed by atoms with Crippen molar-refractivity contribution in [3.05, 3.63) is 29.8 Å². The highest BCUT2D eigenvalue weighted by Gasteiger charge is 2.49. The molecule has 464 valence electrons. The molecule has 28 nitrogen and oxygen atoms in total. The maximum absolute atomic E-state index is 14.6. The normalized spacial score (nSPS) is 27.3. The highest BCUT2D eigenvalue weighted by Crippen LogP contribution is 2.27. The number of rotatable bonds is 23. The number of nitrogens with two attached hydrogens (primary N) is 2. The molecule has 0 saturated carbocycles. The fraction of sp³-hybridized carbons (Fsp3) is 0.722. The number of nitrogens with one attached hydrogen (secondary N) is 6. The Balaban J connectivity index is 0.00000426. The minimum atomic E-state index is -2.35. The van der Waals surface area contributed by atoms with Gasteiger partial charge in [-0.25, -0.2) is 0 Å². The van der Waals surface area contributed by atoms with E-state index in [0.717, 1.165) is 74.3 Å². The second kappa shape index (κ2) is 34.5. The topological polar surface area (TPSA) is 466 Å². The lowest BCUT2D eigenvalue weighted by Crippen LogP contribution is -2.65. The Hall–Kier alpha value is -6.11. The van der Waals surface area contributed by atoms with Gasteiger partial charge in [0.25, 0.3) is 5.97 Å². The van der Waals surface area contributed by atoms with Crippen molar-refractivity contribution in [3.8, 4) is 5.75 Å². The number of aliphatic carboxylic acids is 1. The highest BCUT2D eigenvalue weighted by atomic mass is 16.4. The van der Waals surface area contributed by atoms with Crippen LogP contribution in [0.2, 0.25) is 0 Å². The summed E-state index contributed by atoms with van der Waals surface area (Å²) in [4.78, 5) is 123. The zero-order chi connectivity index (χ0) is 61.5. The molecule has 0 unspecified atom stereocenters. The smallest absolute Gasteiger partial charge is 0.300 e. The first-order valence-electron chi connectivity index (χ1n) is 28.2. The van der Waals surface area contributed by atoms with E-state index < -0.39 is 171 Å². The second-order valence-corrected chi connectivity index (χ2v) is 21.9. The van der Waals surface area contributed by atoms with Gasteiger partial charge >= 0.3 is 0 Å². The van der Waals surface area contributed by atoms with E-state index in [1.807, 2.05) is 0 Å². The first-order valence-corrected chi connectivity index (χ1v) is 28.2. The number of phenolic OH excluding ortho intramolecular Hbond substituents is 1. The summed E-state index contributed by atoms with van der Waals surface area (Å²) in [6, 6.07) is -7.06. The molecule has 1 aromatic rings. The van der Waals surface area contributed by atoms with Gasteiger partial charge in [0.15, 0.2) is 0 Å². The number of unbranched alkanes of at least 4 members (excludes halogenated alkanes) is 5. The lowest BCUT2D eigenvalue weighted by Gasteiger charge is -2.35. The quantitative estimate of drug-likeness (QED) is 0.0469. The number of carbonyl (C=O) groups is 9. The van der Waals surface area contributed by atoms with Crippen molar-refractivity contribution in [3.63, 3.8) is 0 Å². The molecule has 0 radical (unpaired) electrons. The van der Waals surface area contributed by atoms with Crippen molar-refractivity contribution >= 4 is 53.2 Å². The fourth-order valence-corrected chi connectivity index (χ4v) is 10.2. The standard InChI is InChI=1S/C52H86N10O16.C2H4O2/c1-5-27(2)22-28(3)12-10-8-6-7-9-11-13-39(70)56-33-24-37(68)46(55-20-19-53)60-50(76)43-35(66)18-21-61(43)52(78)41(36(67)25-38(54)69)58-49(75)42(45(72)44(71)30-14-16-31(64)17-15-30)59-48(74)34-23-32(65)26-62(34)51(77)40(29(4)63)57-47(33)73;1-2(3)4/h14-17,27-29,32-37,40-46,55,63-68,71-72H,5-13,18-26,53H2,1-4H3,(H2,54,69)(H,56,70)(H,57,73)(H,58,75)(H,59,74)(H,60,76);1H3,(H,3,4)/t27-,28+,29+,32+,33-,34-,35-,36+,37+,40-,41-,42-,43-,44-,45-,46-;/m0./s1. The lowest BCUT2D eigenvalue weighted by molar-refractivity contribution is -0.148. The Morgan fingerprint density at radius 3 is 1.93 bits per heavy atom. The monoisotopic (exact) mass is 1170 g/mol. The van der Waals surface area contributed by atoms with Gasteiger partial charge in [0, 0.05) is 52.4 Å². The van der Waals surface area contributed by atoms with Gasteiger partial charge in [-0.2, -0.15) is 0 Å². The maximum Gasteiger partial charge on any atom is 0.300 e. The Labute approximate surface area is 477 Å². The average Bonchev–Trinajstić information content (AvgIpc) is 4.16. The predicted octanol–water partition coefficient (Wildman–Crippen LogP) is -3.69. The van der Waals surface area contributed by atoms with Crippen LogP contribution in [0.4, 0.5) is 0 Å². The maximum atomic E-state index is 14.6. The fourth-order valence-electron chi connectivity index (χ4n) is 10.2. The van der Waals surface area contributed by atoms with Crippen LogP contribution in [-0.2, 0) is 43.2 Å². The number of amides is 8. The molecule has 0 spiro atoms. The van der Waals surface area contributed by atoms with E-state index in [0.29, 0.717) is 24.7 Å². The van der Waals surface area contributed by atoms with E-state index >= 15 is 0 Å². The van der Waals surface area contributed by atoms with Crippen molar-refractivity contribution < 1.29 is 89.1 Å². The average molecular weight is 1170 g/mol. The molecule has 3 saturated heterocycles. The van der Waals surface area contributed by atoms with Crippen LogP contribution >= 0.6 is 0 Å². The largest absolute Gasteiger partial charge is 0.508 e. The van der Waals surface area contributed by atoms with Crippen molar-refractivity contribution in [2.24, 2.45) is 23.3 Å². The first kappa shape index (κ1) is 70.2. The molecule has 3 aliphatic heterocycles. The van der Waals surface area contributed by atoms with E-state index in [-0.39, 0.29) is 37.2 Å². The number of carboxylic acid groups (broad SMARTS) is 1. The van der Waals surface area contributed by atoms with Crippen LogP contribution in [0, 0.1) is 11.8 Å². The Bertz CT molecular complexity index is 2260. The van der Waals surface area contributed by atoms with E-state index in [9.17, 15) is 79.2 Å². The van der Waals surface area contributed by atoms with Crippen molar-refractivity contribution in [2.75, 3.05) is 26.2 Å². The lowest BCUT2D eigenvalue weighted by atomic mass is 9.91. The number of aliphatic hydroxyl groups is 7. The first-order chi connectivity index (χ1) is 38.6. The summed E-state index contributed by atoms with van der Waals surface area (Å²) in [5.41, 5.74) is 11.0. The molecule has 16 atom stereocenters. The number of hydrogen-bond acceptors (Lipinski definition) is 19. The van der Waals surface area contributed by atoms with Gasteiger partial charge in [-0.15, -0.1) is 0 Å². The number of nitrogens with zero attached hydrogens (tertiary/aromatic N) is 2. The number of hydrogen-bond donors (Lipinski definition) is 17. The number of fused-ring (bicyclic) bond motifs is 2. The van der Waals surface area contributed by atoms with Gasteiger partial charge in [-0.05, 0) is 55.7 Å². The number of carbonyl (C=O) groups excluding carboxylic acids is 8. The zero-order valence-corrected chi connectivity index (χ0v) is 47.5. The van der Waals surface area contributed by atoms with E-state index in [2.05, 4.69) is 52.7 Å². The minimum absolute atomic E-state index is 0.0454. The second-order valence-electron chi connectivity index (χ2n) is 21.9. The van der Waals surface area contributed by atoms with Gasteiger partial charge in [0.05, 0.1) is 36.9 Å². The van der Waals surface area contributed by atoms with E-state index in [1.165, 1.54) is 18.6 Å². The third kappa shape index (κ3) is 21.9. The minimum Gasteiger partial charge on any atom is -0.508 e. The van der Waals surface area contributed by atoms with Crippen molar-refractivity contribution in [1.82, 2.24) is 41.7 Å². The predicted molar refractivity (Wildman–Crippen MR) is 294 cm³/mol. The molecule has 0 bridgehead atoms. The van der Waals surface area contributed by atoms with Gasteiger partial charge in [0.1, 0.15) is 60.4 Å². The Morgan fingerprint density at radius 2 is 1.33 bits per heavy atom. The van der Waals surface area contributed by atoms with Crippen molar-refractivity contribution in [2.45, 2.75) is 210 Å². The molecular weight excluding hydrogens is 1080 g/mol. The third-order valence-corrected chi connectivity index (χ3v) is 14.8. The van der Waals surface area contributed by atoms with Crippen LogP contribution in [0.3, 0.4) is 0 Å². The summed E-state index contributed by atoms with van der Waals surface area (Å²) < 4.78 is 0. The van der Waals surface area contributed by atoms with Crippen LogP contribution < -0.4 is 43.4 Å². The van der Waals surface area contributed by atoms with E-state index in [1.54, 1.807) is 0 Å². The van der Waals surface area contributed by atoms with Gasteiger partial charge in [-0.1, -0.05) is 77.8 Å². The van der Waals surface area contributed by atoms with Gasteiger partial charge < -0.3 is 93.8 Å². The molecule has 8 amide bonds. The zero-order valence-electron chi connectivity index (χ0n) is 47.5. The molecular formula is C54H90N10O18. The van der Waals surface area contributed by atoms with Crippen molar-refractivity contribution in [1.29, 1.82) is 0 Å². The highest BCUT2D eigenvalue weighted by molar-refractivity contribution is 5.98. The Kier molecular flexibility index (Phi) is 29.5. The molecule has 82 heavy (non-hydrogen) atoms. The summed E-state index contributed by atoms with van der Waals surface area (Å²) in [5, 5.41) is 111. The number of aliphatic hydroxyl groups excluding tert-OH is 7. The Morgan fingerprint density at radius 1 is 0.744 bits per heavy atom. The molecule has 3 heterocycles. The number of benzene rings is 1. The summed E-state index contributed by atoms with van der Waals surface area (Å²) in [7, 11) is 0. The van der Waals surface area contributed by atoms with Crippen LogP contribution in [0.5, 0.6) is 5.75 Å². The summed E-state index contributed by atoms with van der Waals surface area (Å²) in [5.74, 6) is -8.95. The number of aromatic hydroxyl groups is 1.